The van der Waals surface area contributed by atoms with Crippen LogP contribution in [-0.4, -0.2) is 18.1 Å². The Labute approximate surface area is 62.4 Å². The van der Waals surface area contributed by atoms with Gasteiger partial charge < -0.3 is 0 Å². The average molecular weight is 149 g/mol. The van der Waals surface area contributed by atoms with Crippen LogP contribution in [0.2, 0.25) is 0 Å². The second-order valence-corrected chi connectivity index (χ2v) is 1.53. The molecule has 0 bridgehead atoms. The lowest BCUT2D eigenvalue weighted by molar-refractivity contribution is 0.351. The molecule has 0 aliphatic carbocycles. The number of nitrogens with two attached hydrogens (primary N) is 1. The highest BCUT2D eigenvalue weighted by atomic mass is 35.5. The predicted molar refractivity (Wildman–Crippen MR) is 43.4 cm³/mol. The van der Waals surface area contributed by atoms with Gasteiger partial charge in [0.05, 0.1) is 0 Å². The monoisotopic (exact) mass is 148 g/mol. The summed E-state index contributed by atoms with van der Waals surface area (Å²) in [7, 11) is 0. The molecule has 9 heavy (non-hydrogen) atoms. The van der Waals surface area contributed by atoms with Crippen LogP contribution in [0.15, 0.2) is 25.3 Å². The quantitative estimate of drug-likeness (QED) is 0.366. The third-order valence-electron chi connectivity index (χ3n) is 0.727. The molecule has 0 saturated heterocycles. The molecule has 0 aliphatic heterocycles. The number of halogens is 1. The third-order valence-corrected chi connectivity index (χ3v) is 0.727. The summed E-state index contributed by atoms with van der Waals surface area (Å²) in [5.41, 5.74) is 0. The fraction of sp³-hybridized carbons (Fsp3) is 0.333. The number of hydrogen-bond acceptors (Lipinski definition) is 2. The van der Waals surface area contributed by atoms with Crippen molar-refractivity contribution in [3.8, 4) is 0 Å². The van der Waals surface area contributed by atoms with Gasteiger partial charge >= 0.3 is 0 Å². The molecule has 0 aromatic heterocycles. The van der Waals surface area contributed by atoms with E-state index >= 15 is 0 Å². The van der Waals surface area contributed by atoms with Gasteiger partial charge in [-0.1, -0.05) is 12.2 Å². The van der Waals surface area contributed by atoms with Crippen molar-refractivity contribution in [1.29, 1.82) is 0 Å². The van der Waals surface area contributed by atoms with Gasteiger partial charge in [-0.3, -0.25) is 5.84 Å². The molecule has 2 N–H and O–H groups in total. The summed E-state index contributed by atoms with van der Waals surface area (Å²) in [6.45, 7) is 8.48. The number of rotatable bonds is 4. The number of nitrogens with zero attached hydrogens (tertiary/aromatic N) is 1. The molecule has 0 fully saturated rings. The minimum absolute atomic E-state index is 0. The molecule has 0 atom stereocenters. The Morgan fingerprint density at radius 2 is 1.56 bits per heavy atom. The summed E-state index contributed by atoms with van der Waals surface area (Å²) in [6, 6.07) is 0. The first kappa shape index (κ1) is 11.5. The molecule has 0 heterocycles. The van der Waals surface area contributed by atoms with Gasteiger partial charge in [0.2, 0.25) is 0 Å². The Balaban J connectivity index is 0. The second kappa shape index (κ2) is 7.69. The first-order valence-corrected chi connectivity index (χ1v) is 2.52. The Kier molecular flexibility index (Phi) is 9.81. The fourth-order valence-corrected chi connectivity index (χ4v) is 0.406. The predicted octanol–water partition coefficient (Wildman–Crippen LogP) is 0.956. The lowest BCUT2D eigenvalue weighted by Gasteiger charge is -2.08. The summed E-state index contributed by atoms with van der Waals surface area (Å²) in [5.74, 6) is 5.39. The van der Waals surface area contributed by atoms with Crippen LogP contribution in [0.4, 0.5) is 0 Å². The smallest absolute Gasteiger partial charge is 0.0310 e. The topological polar surface area (TPSA) is 29.3 Å². The average Bonchev–Trinajstić information content (AvgIpc) is 1.68. The van der Waals surface area contributed by atoms with Crippen molar-refractivity contribution in [3.05, 3.63) is 25.3 Å². The van der Waals surface area contributed by atoms with Crippen LogP contribution in [0.1, 0.15) is 0 Å². The molecule has 54 valence electrons. The van der Waals surface area contributed by atoms with E-state index in [0.29, 0.717) is 13.1 Å². The van der Waals surface area contributed by atoms with Gasteiger partial charge in [-0.25, -0.2) is 5.01 Å². The highest BCUT2D eigenvalue weighted by Crippen LogP contribution is 1.75. The van der Waals surface area contributed by atoms with Gasteiger partial charge in [0, 0.05) is 13.1 Å². The van der Waals surface area contributed by atoms with Crippen LogP contribution in [-0.2, 0) is 0 Å². The van der Waals surface area contributed by atoms with E-state index in [-0.39, 0.29) is 12.4 Å². The van der Waals surface area contributed by atoms with E-state index in [1.54, 1.807) is 17.2 Å². The first-order valence-electron chi connectivity index (χ1n) is 2.52. The van der Waals surface area contributed by atoms with E-state index in [2.05, 4.69) is 13.2 Å². The van der Waals surface area contributed by atoms with Gasteiger partial charge in [-0.2, -0.15) is 0 Å². The molecule has 2 nitrogen and oxygen atoms in total. The van der Waals surface area contributed by atoms with Gasteiger partial charge in [-0.05, 0) is 0 Å². The Bertz CT molecular complexity index is 73.1. The largest absolute Gasteiger partial charge is 0.268 e. The minimum atomic E-state index is 0. The zero-order chi connectivity index (χ0) is 6.41. The number of hydrogen-bond donors (Lipinski definition) is 1. The molecule has 0 aromatic rings. The summed E-state index contributed by atoms with van der Waals surface area (Å²) in [5, 5.41) is 1.62. The van der Waals surface area contributed by atoms with E-state index in [0.717, 1.165) is 0 Å². The zero-order valence-corrected chi connectivity index (χ0v) is 6.23. The van der Waals surface area contributed by atoms with Crippen LogP contribution < -0.4 is 5.84 Å². The maximum absolute atomic E-state index is 5.39. The van der Waals surface area contributed by atoms with Crippen molar-refractivity contribution in [2.45, 2.75) is 0 Å². The maximum atomic E-state index is 5.39. The Morgan fingerprint density at radius 3 is 1.78 bits per heavy atom. The number of hydrazine groups is 1. The molecule has 0 spiro atoms. The van der Waals surface area contributed by atoms with Gasteiger partial charge in [0.25, 0.3) is 0 Å². The Morgan fingerprint density at radius 1 is 1.22 bits per heavy atom. The highest BCUT2D eigenvalue weighted by Gasteiger charge is 1.86. The van der Waals surface area contributed by atoms with Crippen LogP contribution in [0.25, 0.3) is 0 Å². The van der Waals surface area contributed by atoms with Crippen molar-refractivity contribution >= 4 is 12.4 Å². The van der Waals surface area contributed by atoms with Crippen molar-refractivity contribution in [3.63, 3.8) is 0 Å². The molecule has 0 radical (unpaired) electrons. The molecule has 0 unspecified atom stereocenters. The van der Waals surface area contributed by atoms with Crippen molar-refractivity contribution < 1.29 is 0 Å². The van der Waals surface area contributed by atoms with E-state index < -0.39 is 0 Å². The first-order chi connectivity index (χ1) is 3.81. The maximum Gasteiger partial charge on any atom is 0.0310 e. The lowest BCUT2D eigenvalue weighted by atomic mass is 10.5. The lowest BCUT2D eigenvalue weighted by Crippen LogP contribution is -2.30. The summed E-state index contributed by atoms with van der Waals surface area (Å²) in [6.07, 6.45) is 3.51. The van der Waals surface area contributed by atoms with E-state index in [4.69, 9.17) is 5.84 Å². The van der Waals surface area contributed by atoms with Crippen LogP contribution in [0.5, 0.6) is 0 Å². The van der Waals surface area contributed by atoms with Crippen molar-refractivity contribution in [2.24, 2.45) is 5.84 Å². The summed E-state index contributed by atoms with van der Waals surface area (Å²) >= 11 is 0. The van der Waals surface area contributed by atoms with E-state index in [9.17, 15) is 0 Å². The molecule has 0 saturated carbocycles. The van der Waals surface area contributed by atoms with Gasteiger partial charge in [0.15, 0.2) is 0 Å². The van der Waals surface area contributed by atoms with Crippen LogP contribution in [0, 0.1) is 0 Å². The summed E-state index contributed by atoms with van der Waals surface area (Å²) < 4.78 is 0. The standard InChI is InChI=1S/C6H12N2.ClH/c1-3-5-8(7)6-4-2;/h3-4H,1-2,5-7H2;1H. The SMILES string of the molecule is C=CCN(N)CC=C.Cl. The van der Waals surface area contributed by atoms with E-state index in [1.807, 2.05) is 0 Å². The van der Waals surface area contributed by atoms with Crippen LogP contribution >= 0.6 is 12.4 Å². The fourth-order valence-electron chi connectivity index (χ4n) is 0.406. The molecule has 0 amide bonds. The van der Waals surface area contributed by atoms with Crippen molar-refractivity contribution in [1.82, 2.24) is 5.01 Å². The molecular formula is C6H13ClN2. The normalized spacial score (nSPS) is 8.22. The molecular weight excluding hydrogens is 136 g/mol. The van der Waals surface area contributed by atoms with Crippen molar-refractivity contribution in [2.75, 3.05) is 13.1 Å². The molecule has 3 heteroatoms. The highest BCUT2D eigenvalue weighted by molar-refractivity contribution is 5.85. The van der Waals surface area contributed by atoms with Crippen LogP contribution in [0.3, 0.4) is 0 Å². The molecule has 0 aliphatic rings. The minimum Gasteiger partial charge on any atom is -0.268 e. The molecule has 0 rings (SSSR count). The second-order valence-electron chi connectivity index (χ2n) is 1.53. The Hall–Kier alpha value is -0.310. The zero-order valence-electron chi connectivity index (χ0n) is 5.42. The molecule has 0 aromatic carbocycles. The van der Waals surface area contributed by atoms with E-state index in [1.165, 1.54) is 0 Å². The van der Waals surface area contributed by atoms with Gasteiger partial charge in [0.1, 0.15) is 0 Å². The van der Waals surface area contributed by atoms with Gasteiger partial charge in [-0.15, -0.1) is 25.6 Å². The third kappa shape index (κ3) is 7.69. The summed E-state index contributed by atoms with van der Waals surface area (Å²) in [4.78, 5) is 0.